The van der Waals surface area contributed by atoms with Gasteiger partial charge in [0.05, 0.1) is 19.3 Å². The molecule has 0 aliphatic rings. The van der Waals surface area contributed by atoms with Crippen LogP contribution in [-0.4, -0.2) is 11.7 Å². The fourth-order valence-electron chi connectivity index (χ4n) is 2.75. The Morgan fingerprint density at radius 3 is 2.65 bits per heavy atom. The smallest absolute Gasteiger partial charge is 0.185 e. The number of nitrogens with zero attached hydrogens (tertiary/aromatic N) is 2. The van der Waals surface area contributed by atoms with Crippen molar-refractivity contribution in [2.45, 2.75) is 26.4 Å². The number of rotatable bonds is 6. The summed E-state index contributed by atoms with van der Waals surface area (Å²) in [4.78, 5) is 5.71. The van der Waals surface area contributed by atoms with Crippen LogP contribution in [-0.2, 0) is 13.1 Å². The van der Waals surface area contributed by atoms with E-state index in [2.05, 4.69) is 16.9 Å². The molecular weight excluding hydrogens is 371 g/mol. The first-order valence-electron chi connectivity index (χ1n) is 8.39. The Hall–Kier alpha value is -2.11. The zero-order chi connectivity index (χ0) is 18.5. The van der Waals surface area contributed by atoms with Crippen LogP contribution in [0.2, 0.25) is 5.02 Å². The standard InChI is InChI=1S/C20H20ClFN2OS/c1-3-10-24-18(14-5-8-17(22)9-6-14)13-26-20(24)23-12-15-4-7-16(21)11-19(15)25-2/h4-9,11,13H,3,10,12H2,1-2H3. The van der Waals surface area contributed by atoms with Crippen molar-refractivity contribution in [1.29, 1.82) is 0 Å². The van der Waals surface area contributed by atoms with Crippen LogP contribution in [0.15, 0.2) is 52.8 Å². The fourth-order valence-corrected chi connectivity index (χ4v) is 3.85. The Kier molecular flexibility index (Phi) is 6.12. The Morgan fingerprint density at radius 1 is 1.19 bits per heavy atom. The van der Waals surface area contributed by atoms with Crippen LogP contribution in [0.5, 0.6) is 5.75 Å². The first-order valence-corrected chi connectivity index (χ1v) is 9.65. The van der Waals surface area contributed by atoms with E-state index in [4.69, 9.17) is 21.3 Å². The van der Waals surface area contributed by atoms with E-state index in [1.54, 1.807) is 36.6 Å². The molecule has 0 saturated carbocycles. The molecule has 0 amide bonds. The number of aromatic nitrogens is 1. The lowest BCUT2D eigenvalue weighted by Crippen LogP contribution is -2.16. The van der Waals surface area contributed by atoms with Gasteiger partial charge in [-0.05, 0) is 48.4 Å². The molecule has 2 aromatic carbocycles. The van der Waals surface area contributed by atoms with Crippen molar-refractivity contribution in [2.75, 3.05) is 7.11 Å². The molecular formula is C20H20ClFN2OS. The minimum Gasteiger partial charge on any atom is -0.496 e. The molecule has 0 saturated heterocycles. The molecule has 26 heavy (non-hydrogen) atoms. The normalized spacial score (nSPS) is 11.8. The molecule has 0 unspecified atom stereocenters. The van der Waals surface area contributed by atoms with Crippen molar-refractivity contribution in [2.24, 2.45) is 4.99 Å². The summed E-state index contributed by atoms with van der Waals surface area (Å²) in [7, 11) is 1.63. The van der Waals surface area contributed by atoms with Crippen LogP contribution in [0.3, 0.4) is 0 Å². The number of halogens is 2. The third-order valence-corrected chi connectivity index (χ3v) is 5.16. The van der Waals surface area contributed by atoms with Gasteiger partial charge < -0.3 is 9.30 Å². The van der Waals surface area contributed by atoms with E-state index < -0.39 is 0 Å². The third kappa shape index (κ3) is 4.17. The van der Waals surface area contributed by atoms with Crippen molar-refractivity contribution >= 4 is 22.9 Å². The monoisotopic (exact) mass is 390 g/mol. The highest BCUT2D eigenvalue weighted by Gasteiger charge is 2.08. The second-order valence-corrected chi connectivity index (χ2v) is 7.11. The predicted octanol–water partition coefficient (Wildman–Crippen LogP) is 5.53. The molecule has 0 N–H and O–H groups in total. The van der Waals surface area contributed by atoms with Gasteiger partial charge in [0.15, 0.2) is 4.80 Å². The van der Waals surface area contributed by atoms with Crippen LogP contribution in [0.1, 0.15) is 18.9 Å². The van der Waals surface area contributed by atoms with Gasteiger partial charge >= 0.3 is 0 Å². The Bertz CT molecular complexity index is 947. The number of hydrogen-bond donors (Lipinski definition) is 0. The van der Waals surface area contributed by atoms with Crippen LogP contribution in [0.25, 0.3) is 11.3 Å². The van der Waals surface area contributed by atoms with Gasteiger partial charge in [-0.15, -0.1) is 11.3 Å². The molecule has 0 aliphatic heterocycles. The van der Waals surface area contributed by atoms with E-state index in [-0.39, 0.29) is 5.82 Å². The van der Waals surface area contributed by atoms with Crippen molar-refractivity contribution in [3.63, 3.8) is 0 Å². The van der Waals surface area contributed by atoms with E-state index in [0.717, 1.165) is 40.3 Å². The molecule has 6 heteroatoms. The Labute approximate surface area is 161 Å². The maximum absolute atomic E-state index is 13.2. The SMILES string of the molecule is CCCn1c(-c2ccc(F)cc2)csc1=NCc1ccc(Cl)cc1OC. The molecule has 0 radical (unpaired) electrons. The van der Waals surface area contributed by atoms with Crippen LogP contribution >= 0.6 is 22.9 Å². The minimum atomic E-state index is -0.231. The minimum absolute atomic E-state index is 0.231. The van der Waals surface area contributed by atoms with E-state index in [1.165, 1.54) is 12.1 Å². The van der Waals surface area contributed by atoms with Gasteiger partial charge in [-0.2, -0.15) is 0 Å². The van der Waals surface area contributed by atoms with Crippen LogP contribution in [0.4, 0.5) is 4.39 Å². The summed E-state index contributed by atoms with van der Waals surface area (Å²) >= 11 is 7.61. The van der Waals surface area contributed by atoms with Crippen molar-refractivity contribution in [3.8, 4) is 17.0 Å². The maximum Gasteiger partial charge on any atom is 0.185 e. The van der Waals surface area contributed by atoms with Crippen molar-refractivity contribution in [1.82, 2.24) is 4.57 Å². The Morgan fingerprint density at radius 2 is 1.96 bits per heavy atom. The summed E-state index contributed by atoms with van der Waals surface area (Å²) in [5.41, 5.74) is 3.02. The predicted molar refractivity (Wildman–Crippen MR) is 105 cm³/mol. The Balaban J connectivity index is 1.97. The van der Waals surface area contributed by atoms with Gasteiger partial charge in [0, 0.05) is 22.5 Å². The molecule has 0 bridgehead atoms. The summed E-state index contributed by atoms with van der Waals surface area (Å²) in [5, 5.41) is 2.71. The van der Waals surface area contributed by atoms with E-state index in [9.17, 15) is 4.39 Å². The summed E-state index contributed by atoms with van der Waals surface area (Å²) in [5.74, 6) is 0.504. The maximum atomic E-state index is 13.2. The highest BCUT2D eigenvalue weighted by molar-refractivity contribution is 7.07. The summed E-state index contributed by atoms with van der Waals surface area (Å²) in [6.07, 6.45) is 0.988. The molecule has 1 aromatic heterocycles. The lowest BCUT2D eigenvalue weighted by atomic mass is 10.1. The lowest BCUT2D eigenvalue weighted by molar-refractivity contribution is 0.409. The summed E-state index contributed by atoms with van der Waals surface area (Å²) in [6, 6.07) is 12.1. The van der Waals surface area contributed by atoms with Gasteiger partial charge in [-0.1, -0.05) is 24.6 Å². The molecule has 3 nitrogen and oxygen atoms in total. The topological polar surface area (TPSA) is 26.5 Å². The number of benzene rings is 2. The number of methoxy groups -OCH3 is 1. The average Bonchev–Trinajstić information content (AvgIpc) is 3.04. The lowest BCUT2D eigenvalue weighted by Gasteiger charge is -2.09. The number of ether oxygens (including phenoxy) is 1. The highest BCUT2D eigenvalue weighted by Crippen LogP contribution is 2.24. The highest BCUT2D eigenvalue weighted by atomic mass is 35.5. The zero-order valence-electron chi connectivity index (χ0n) is 14.7. The molecule has 3 aromatic rings. The van der Waals surface area contributed by atoms with Gasteiger partial charge in [-0.25, -0.2) is 4.39 Å². The molecule has 3 rings (SSSR count). The first-order chi connectivity index (χ1) is 12.6. The van der Waals surface area contributed by atoms with Crippen LogP contribution in [0, 0.1) is 5.82 Å². The molecule has 0 aliphatic carbocycles. The summed E-state index contributed by atoms with van der Waals surface area (Å²) in [6.45, 7) is 3.49. The van der Waals surface area contributed by atoms with Gasteiger partial charge in [-0.3, -0.25) is 4.99 Å². The van der Waals surface area contributed by atoms with E-state index in [0.29, 0.717) is 11.6 Å². The fraction of sp³-hybridized carbons (Fsp3) is 0.250. The van der Waals surface area contributed by atoms with Crippen molar-refractivity contribution < 1.29 is 9.13 Å². The second kappa shape index (κ2) is 8.52. The third-order valence-electron chi connectivity index (χ3n) is 4.02. The van der Waals surface area contributed by atoms with E-state index >= 15 is 0 Å². The second-order valence-electron chi connectivity index (χ2n) is 5.83. The van der Waals surface area contributed by atoms with Gasteiger partial charge in [0.25, 0.3) is 0 Å². The first kappa shape index (κ1) is 18.7. The van der Waals surface area contributed by atoms with E-state index in [1.807, 2.05) is 12.1 Å². The molecule has 1 heterocycles. The molecule has 0 spiro atoms. The largest absolute Gasteiger partial charge is 0.496 e. The van der Waals surface area contributed by atoms with Crippen LogP contribution < -0.4 is 9.54 Å². The molecule has 0 fully saturated rings. The molecule has 136 valence electrons. The quantitative estimate of drug-likeness (QED) is 0.543. The van der Waals surface area contributed by atoms with Gasteiger partial charge in [0.2, 0.25) is 0 Å². The zero-order valence-corrected chi connectivity index (χ0v) is 16.3. The van der Waals surface area contributed by atoms with Gasteiger partial charge in [0.1, 0.15) is 11.6 Å². The van der Waals surface area contributed by atoms with Crippen molar-refractivity contribution in [3.05, 3.63) is 69.0 Å². The summed E-state index contributed by atoms with van der Waals surface area (Å²) < 4.78 is 20.8. The number of hydrogen-bond acceptors (Lipinski definition) is 3. The molecule has 0 atom stereocenters. The average molecular weight is 391 g/mol. The number of thiazole rings is 1.